The van der Waals surface area contributed by atoms with Crippen LogP contribution in [0.1, 0.15) is 61.5 Å². The van der Waals surface area contributed by atoms with Crippen LogP contribution in [0.25, 0.3) is 21.8 Å². The minimum Gasteiger partial charge on any atom is -0.385 e. The normalized spacial score (nSPS) is 18.2. The van der Waals surface area contributed by atoms with Crippen LogP contribution < -0.4 is 5.56 Å². The number of aromatic nitrogens is 3. The number of likely N-dealkylation sites (tertiary alicyclic amines) is 1. The maximum Gasteiger partial charge on any atom is 0.259 e. The molecule has 5 rings (SSSR count). The van der Waals surface area contributed by atoms with E-state index in [1.807, 2.05) is 28.6 Å². The third-order valence-electron chi connectivity index (χ3n) is 7.86. The van der Waals surface area contributed by atoms with E-state index in [1.54, 1.807) is 13.3 Å². The second kappa shape index (κ2) is 13.1. The van der Waals surface area contributed by atoms with Gasteiger partial charge in [0.1, 0.15) is 0 Å². The van der Waals surface area contributed by atoms with Crippen molar-refractivity contribution in [3.8, 4) is 0 Å². The van der Waals surface area contributed by atoms with E-state index < -0.39 is 0 Å². The lowest BCUT2D eigenvalue weighted by Crippen LogP contribution is -2.37. The van der Waals surface area contributed by atoms with Gasteiger partial charge in [-0.25, -0.2) is 0 Å². The van der Waals surface area contributed by atoms with Crippen molar-refractivity contribution in [2.45, 2.75) is 58.5 Å². The van der Waals surface area contributed by atoms with Crippen LogP contribution in [0.2, 0.25) is 0 Å². The molecule has 0 bridgehead atoms. The minimum absolute atomic E-state index is 0. The van der Waals surface area contributed by atoms with E-state index in [1.165, 1.54) is 0 Å². The Morgan fingerprint density at radius 3 is 2.71 bits per heavy atom. The van der Waals surface area contributed by atoms with Crippen molar-refractivity contribution in [3.63, 3.8) is 0 Å². The summed E-state index contributed by atoms with van der Waals surface area (Å²) in [5.74, 6) is 0.0566. The molecular formula is C28H42ClN5O4. The molecule has 38 heavy (non-hydrogen) atoms. The van der Waals surface area contributed by atoms with Gasteiger partial charge in [0, 0.05) is 57.0 Å². The molecule has 0 aliphatic carbocycles. The molecule has 3 aromatic rings. The molecule has 210 valence electrons. The summed E-state index contributed by atoms with van der Waals surface area (Å²) in [6, 6.07) is 4.45. The molecule has 10 heteroatoms. The van der Waals surface area contributed by atoms with Crippen LogP contribution >= 0.6 is 12.4 Å². The maximum absolute atomic E-state index is 13.7. The Labute approximate surface area is 230 Å². The van der Waals surface area contributed by atoms with Crippen LogP contribution in [0.4, 0.5) is 0 Å². The number of pyridine rings is 1. The zero-order valence-corrected chi connectivity index (χ0v) is 22.8. The Hall–Kier alpha value is -2.46. The number of carbonyl (C=O) groups excluding carboxylic acids is 1. The lowest BCUT2D eigenvalue weighted by molar-refractivity contribution is 0.0675. The van der Waals surface area contributed by atoms with Gasteiger partial charge in [-0.05, 0) is 70.3 Å². The van der Waals surface area contributed by atoms with Gasteiger partial charge in [0.15, 0.2) is 0 Å². The molecule has 1 aromatic carbocycles. The summed E-state index contributed by atoms with van der Waals surface area (Å²) in [5.41, 5.74) is 2.97. The number of H-pyrrole nitrogens is 1. The van der Waals surface area contributed by atoms with E-state index in [2.05, 4.69) is 22.0 Å². The van der Waals surface area contributed by atoms with Gasteiger partial charge in [-0.15, -0.1) is 12.4 Å². The number of aromatic amines is 1. The predicted octanol–water partition coefficient (Wildman–Crippen LogP) is 4.17. The topological polar surface area (TPSA) is 92.7 Å². The van der Waals surface area contributed by atoms with Gasteiger partial charge >= 0.3 is 0 Å². The standard InChI is InChI=1S/C27H37N5O4.CH4.ClH/c1-18-14-24-22(25-23(26(33)29-24)16-28-32(25)19-7-12-36-13-8-19)15-21(18)27(34)31-10-6-20(17-31)30(2)9-4-5-11-35-3;;/h14-16,19-20H,4-13,17H2,1-3H3,(H,29,33);1H4;1H/t20-;;/m1../s1. The largest absolute Gasteiger partial charge is 0.385 e. The first-order valence-electron chi connectivity index (χ1n) is 13.1. The fraction of sp³-hybridized carbons (Fsp3) is 0.607. The summed E-state index contributed by atoms with van der Waals surface area (Å²) in [6.45, 7) is 6.60. The zero-order chi connectivity index (χ0) is 25.2. The molecule has 0 radical (unpaired) electrons. The third-order valence-corrected chi connectivity index (χ3v) is 7.86. The summed E-state index contributed by atoms with van der Waals surface area (Å²) >= 11 is 0. The number of benzene rings is 1. The molecule has 0 unspecified atom stereocenters. The molecule has 2 saturated heterocycles. The number of unbranched alkanes of at least 4 members (excludes halogenated alkanes) is 1. The van der Waals surface area contributed by atoms with Crippen LogP contribution in [-0.4, -0.2) is 90.1 Å². The molecule has 1 N–H and O–H groups in total. The summed E-state index contributed by atoms with van der Waals surface area (Å²) in [6.07, 6.45) is 6.49. The minimum atomic E-state index is -0.148. The van der Waals surface area contributed by atoms with Gasteiger partial charge < -0.3 is 24.3 Å². The van der Waals surface area contributed by atoms with Gasteiger partial charge in [-0.2, -0.15) is 5.10 Å². The fourth-order valence-corrected chi connectivity index (χ4v) is 5.68. The average molecular weight is 548 g/mol. The highest BCUT2D eigenvalue weighted by molar-refractivity contribution is 6.07. The molecule has 1 amide bonds. The first kappa shape index (κ1) is 30.1. The molecule has 0 spiro atoms. The van der Waals surface area contributed by atoms with Crippen LogP contribution in [0.15, 0.2) is 23.1 Å². The second-order valence-corrected chi connectivity index (χ2v) is 10.2. The Bertz CT molecular complexity index is 1300. The summed E-state index contributed by atoms with van der Waals surface area (Å²) < 4.78 is 12.7. The number of hydrogen-bond donors (Lipinski definition) is 1. The molecule has 4 heterocycles. The Balaban J connectivity index is 0.00000200. The van der Waals surface area contributed by atoms with Crippen LogP contribution in [-0.2, 0) is 9.47 Å². The molecule has 9 nitrogen and oxygen atoms in total. The van der Waals surface area contributed by atoms with Crippen molar-refractivity contribution in [1.29, 1.82) is 0 Å². The predicted molar refractivity (Wildman–Crippen MR) is 154 cm³/mol. The lowest BCUT2D eigenvalue weighted by atomic mass is 10.0. The molecule has 2 fully saturated rings. The van der Waals surface area contributed by atoms with Gasteiger partial charge in [-0.3, -0.25) is 14.3 Å². The number of halogens is 1. The number of fused-ring (bicyclic) bond motifs is 3. The molecule has 2 aliphatic rings. The zero-order valence-electron chi connectivity index (χ0n) is 22.0. The quantitative estimate of drug-likeness (QED) is 0.426. The van der Waals surface area contributed by atoms with Crippen LogP contribution in [0.3, 0.4) is 0 Å². The highest BCUT2D eigenvalue weighted by Gasteiger charge is 2.30. The third kappa shape index (κ3) is 5.91. The number of methoxy groups -OCH3 is 1. The highest BCUT2D eigenvalue weighted by Crippen LogP contribution is 2.30. The molecule has 2 aliphatic heterocycles. The maximum atomic E-state index is 13.7. The number of amides is 1. The first-order valence-corrected chi connectivity index (χ1v) is 13.1. The van der Waals surface area contributed by atoms with Gasteiger partial charge in [0.05, 0.1) is 28.7 Å². The van der Waals surface area contributed by atoms with Crippen molar-refractivity contribution in [1.82, 2.24) is 24.6 Å². The van der Waals surface area contributed by atoms with Crippen LogP contribution in [0.5, 0.6) is 0 Å². The monoisotopic (exact) mass is 547 g/mol. The second-order valence-electron chi connectivity index (χ2n) is 10.2. The van der Waals surface area contributed by atoms with Crippen molar-refractivity contribution in [2.75, 3.05) is 53.6 Å². The summed E-state index contributed by atoms with van der Waals surface area (Å²) in [4.78, 5) is 33.9. The van der Waals surface area contributed by atoms with Crippen molar-refractivity contribution < 1.29 is 14.3 Å². The lowest BCUT2D eigenvalue weighted by Gasteiger charge is -2.25. The number of aryl methyl sites for hydroxylation is 1. The van der Waals surface area contributed by atoms with Crippen molar-refractivity contribution >= 4 is 40.1 Å². The number of hydrogen-bond acceptors (Lipinski definition) is 6. The summed E-state index contributed by atoms with van der Waals surface area (Å²) in [7, 11) is 3.89. The number of rotatable bonds is 8. The number of nitrogens with one attached hydrogen (secondary N) is 1. The van der Waals surface area contributed by atoms with Gasteiger partial charge in [0.2, 0.25) is 0 Å². The van der Waals surface area contributed by atoms with E-state index in [9.17, 15) is 9.59 Å². The highest BCUT2D eigenvalue weighted by atomic mass is 35.5. The average Bonchev–Trinajstić information content (AvgIpc) is 3.55. The number of nitrogens with zero attached hydrogens (tertiary/aromatic N) is 4. The van der Waals surface area contributed by atoms with Crippen molar-refractivity contribution in [2.24, 2.45) is 0 Å². The van der Waals surface area contributed by atoms with E-state index in [-0.39, 0.29) is 37.3 Å². The number of likely N-dealkylation sites (N-methyl/N-ethyl adjacent to an activating group) is 1. The van der Waals surface area contributed by atoms with E-state index in [4.69, 9.17) is 9.47 Å². The Morgan fingerprint density at radius 1 is 1.21 bits per heavy atom. The number of carbonyl (C=O) groups is 1. The summed E-state index contributed by atoms with van der Waals surface area (Å²) in [5, 5.41) is 6.03. The van der Waals surface area contributed by atoms with Gasteiger partial charge in [-0.1, -0.05) is 7.43 Å². The fourth-order valence-electron chi connectivity index (χ4n) is 5.68. The number of ether oxygens (including phenoxy) is 2. The SMILES string of the molecule is C.COCCCCN(C)[C@@H]1CCN(C(=O)c2cc3c(cc2C)[nH]c(=O)c2cnn(C4CCOCC4)c23)C1.Cl. The van der Waals surface area contributed by atoms with Crippen LogP contribution in [0, 0.1) is 6.92 Å². The first-order chi connectivity index (χ1) is 17.5. The molecular weight excluding hydrogens is 506 g/mol. The van der Waals surface area contributed by atoms with Gasteiger partial charge in [0.25, 0.3) is 11.5 Å². The van der Waals surface area contributed by atoms with E-state index in [0.717, 1.165) is 80.3 Å². The van der Waals surface area contributed by atoms with Crippen molar-refractivity contribution in [3.05, 3.63) is 39.8 Å². The smallest absolute Gasteiger partial charge is 0.259 e. The van der Waals surface area contributed by atoms with E-state index in [0.29, 0.717) is 30.2 Å². The Kier molecular flexibility index (Phi) is 10.3. The van der Waals surface area contributed by atoms with E-state index >= 15 is 0 Å². The molecule has 1 atom stereocenters. The molecule has 0 saturated carbocycles. The molecule has 2 aromatic heterocycles. The Morgan fingerprint density at radius 2 is 1.97 bits per heavy atom.